The molecule has 0 fully saturated rings. The molecule has 1 aromatic heterocycles. The number of sulfone groups is 1. The van der Waals surface area contributed by atoms with Gasteiger partial charge in [-0.05, 0) is 37.6 Å². The summed E-state index contributed by atoms with van der Waals surface area (Å²) in [6.45, 7) is 4.11. The predicted molar refractivity (Wildman–Crippen MR) is 102 cm³/mol. The Kier molecular flexibility index (Phi) is 4.78. The number of methoxy groups -OCH3 is 1. The van der Waals surface area contributed by atoms with Crippen molar-refractivity contribution in [1.29, 1.82) is 0 Å². The van der Waals surface area contributed by atoms with Crippen molar-refractivity contribution < 1.29 is 13.2 Å². The SMILES string of the molecule is COc1ccccc1Cn1c(C)c(C)c(S(=O)(=O)c2ccccc2)c1N. The van der Waals surface area contributed by atoms with Gasteiger partial charge in [0.2, 0.25) is 9.84 Å². The van der Waals surface area contributed by atoms with Gasteiger partial charge in [0.05, 0.1) is 18.6 Å². The molecule has 136 valence electrons. The van der Waals surface area contributed by atoms with E-state index in [2.05, 4.69) is 0 Å². The molecule has 2 N–H and O–H groups in total. The Morgan fingerprint density at radius 2 is 1.62 bits per heavy atom. The van der Waals surface area contributed by atoms with E-state index in [1.165, 1.54) is 0 Å². The molecule has 0 unspecified atom stereocenters. The Morgan fingerprint density at radius 3 is 2.27 bits per heavy atom. The van der Waals surface area contributed by atoms with Crippen LogP contribution in [0.2, 0.25) is 0 Å². The van der Waals surface area contributed by atoms with Crippen LogP contribution in [0.1, 0.15) is 16.8 Å². The first kappa shape index (κ1) is 18.1. The van der Waals surface area contributed by atoms with E-state index in [9.17, 15) is 8.42 Å². The van der Waals surface area contributed by atoms with Gasteiger partial charge < -0.3 is 15.0 Å². The summed E-state index contributed by atoms with van der Waals surface area (Å²) in [6.07, 6.45) is 0. The number of benzene rings is 2. The lowest BCUT2D eigenvalue weighted by molar-refractivity contribution is 0.408. The molecule has 0 aliphatic heterocycles. The first-order valence-corrected chi connectivity index (χ1v) is 9.73. The molecule has 0 aliphatic rings. The topological polar surface area (TPSA) is 74.3 Å². The van der Waals surface area contributed by atoms with Crippen LogP contribution in [0.5, 0.6) is 5.75 Å². The maximum atomic E-state index is 13.1. The second-order valence-electron chi connectivity index (χ2n) is 6.14. The molecular weight excluding hydrogens is 348 g/mol. The summed E-state index contributed by atoms with van der Waals surface area (Å²) in [6, 6.07) is 16.0. The van der Waals surface area contributed by atoms with E-state index in [4.69, 9.17) is 10.5 Å². The number of para-hydroxylation sites is 1. The van der Waals surface area contributed by atoms with Gasteiger partial charge in [-0.1, -0.05) is 36.4 Å². The minimum atomic E-state index is -3.69. The van der Waals surface area contributed by atoms with Crippen LogP contribution in [0.25, 0.3) is 0 Å². The van der Waals surface area contributed by atoms with Gasteiger partial charge in [-0.3, -0.25) is 0 Å². The molecule has 6 heteroatoms. The third kappa shape index (κ3) is 2.97. The summed E-state index contributed by atoms with van der Waals surface area (Å²) >= 11 is 0. The van der Waals surface area contributed by atoms with Crippen molar-refractivity contribution in [3.63, 3.8) is 0 Å². The van der Waals surface area contributed by atoms with Crippen LogP contribution < -0.4 is 10.5 Å². The first-order valence-electron chi connectivity index (χ1n) is 8.25. The van der Waals surface area contributed by atoms with Gasteiger partial charge in [-0.2, -0.15) is 0 Å². The maximum absolute atomic E-state index is 13.1. The summed E-state index contributed by atoms with van der Waals surface area (Å²) in [4.78, 5) is 0.417. The fourth-order valence-corrected chi connectivity index (χ4v) is 4.81. The molecule has 1 heterocycles. The average Bonchev–Trinajstić information content (AvgIpc) is 2.86. The lowest BCUT2D eigenvalue weighted by Gasteiger charge is -2.13. The molecule has 3 rings (SSSR count). The Balaban J connectivity index is 2.13. The number of hydrogen-bond acceptors (Lipinski definition) is 4. The molecule has 3 aromatic rings. The van der Waals surface area contributed by atoms with Crippen LogP contribution >= 0.6 is 0 Å². The molecule has 0 saturated heterocycles. The molecule has 0 aliphatic carbocycles. The summed E-state index contributed by atoms with van der Waals surface area (Å²) in [5.74, 6) is 0.986. The van der Waals surface area contributed by atoms with Crippen molar-refractivity contribution in [2.24, 2.45) is 0 Å². The third-order valence-electron chi connectivity index (χ3n) is 4.65. The fraction of sp³-hybridized carbons (Fsp3) is 0.200. The number of ether oxygens (including phenoxy) is 1. The van der Waals surface area contributed by atoms with Gasteiger partial charge in [0.25, 0.3) is 0 Å². The second kappa shape index (κ2) is 6.88. The molecular formula is C20H22N2O3S. The minimum Gasteiger partial charge on any atom is -0.496 e. The summed E-state index contributed by atoms with van der Waals surface area (Å²) < 4.78 is 33.4. The normalized spacial score (nSPS) is 11.5. The molecule has 26 heavy (non-hydrogen) atoms. The highest BCUT2D eigenvalue weighted by atomic mass is 32.2. The molecule has 2 aromatic carbocycles. The van der Waals surface area contributed by atoms with Gasteiger partial charge in [0.1, 0.15) is 16.5 Å². The van der Waals surface area contributed by atoms with Gasteiger partial charge >= 0.3 is 0 Å². The van der Waals surface area contributed by atoms with Gasteiger partial charge in [-0.15, -0.1) is 0 Å². The van der Waals surface area contributed by atoms with Crippen LogP contribution in [0, 0.1) is 13.8 Å². The van der Waals surface area contributed by atoms with Gasteiger partial charge in [0, 0.05) is 11.3 Å². The number of nitrogen functional groups attached to an aromatic ring is 1. The predicted octanol–water partition coefficient (Wildman–Crippen LogP) is 3.58. The van der Waals surface area contributed by atoms with Crippen LogP contribution in [-0.2, 0) is 16.4 Å². The number of rotatable bonds is 5. The van der Waals surface area contributed by atoms with E-state index in [-0.39, 0.29) is 15.6 Å². The molecule has 5 nitrogen and oxygen atoms in total. The van der Waals surface area contributed by atoms with E-state index >= 15 is 0 Å². The van der Waals surface area contributed by atoms with Crippen LogP contribution in [0.15, 0.2) is 64.4 Å². The second-order valence-corrected chi connectivity index (χ2v) is 8.03. The fourth-order valence-electron chi connectivity index (χ4n) is 3.13. The van der Waals surface area contributed by atoms with E-state index in [1.807, 2.05) is 35.8 Å². The van der Waals surface area contributed by atoms with Gasteiger partial charge in [-0.25, -0.2) is 8.42 Å². The Labute approximate surface area is 154 Å². The average molecular weight is 370 g/mol. The van der Waals surface area contributed by atoms with Crippen molar-refractivity contribution in [3.8, 4) is 5.75 Å². The Bertz CT molecular complexity index is 1040. The van der Waals surface area contributed by atoms with E-state index < -0.39 is 9.84 Å². The van der Waals surface area contributed by atoms with Crippen molar-refractivity contribution in [2.45, 2.75) is 30.2 Å². The zero-order chi connectivity index (χ0) is 18.9. The van der Waals surface area contributed by atoms with Crippen molar-refractivity contribution in [2.75, 3.05) is 12.8 Å². The van der Waals surface area contributed by atoms with E-state index in [0.29, 0.717) is 12.1 Å². The summed E-state index contributed by atoms with van der Waals surface area (Å²) in [5.41, 5.74) is 8.73. The largest absolute Gasteiger partial charge is 0.496 e. The number of aromatic nitrogens is 1. The zero-order valence-corrected chi connectivity index (χ0v) is 15.9. The van der Waals surface area contributed by atoms with Crippen molar-refractivity contribution in [3.05, 3.63) is 71.4 Å². The van der Waals surface area contributed by atoms with Crippen LogP contribution in [0.3, 0.4) is 0 Å². The summed E-state index contributed by atoms with van der Waals surface area (Å²) in [7, 11) is -2.07. The summed E-state index contributed by atoms with van der Waals surface area (Å²) in [5, 5.41) is 0. The third-order valence-corrected chi connectivity index (χ3v) is 6.60. The zero-order valence-electron chi connectivity index (χ0n) is 15.1. The highest BCUT2D eigenvalue weighted by Gasteiger charge is 2.28. The quantitative estimate of drug-likeness (QED) is 0.745. The number of nitrogens with zero attached hydrogens (tertiary/aromatic N) is 1. The standard InChI is InChI=1S/C20H22N2O3S/c1-14-15(2)22(13-16-9-7-8-12-18(16)25-3)20(21)19(14)26(23,24)17-10-5-4-6-11-17/h4-12H,13,21H2,1-3H3. The highest BCUT2D eigenvalue weighted by Crippen LogP contribution is 2.34. The van der Waals surface area contributed by atoms with Crippen molar-refractivity contribution in [1.82, 2.24) is 4.57 Å². The first-order chi connectivity index (χ1) is 12.4. The number of hydrogen-bond donors (Lipinski definition) is 1. The Hall–Kier alpha value is -2.73. The van der Waals surface area contributed by atoms with Crippen LogP contribution in [0.4, 0.5) is 5.82 Å². The Morgan fingerprint density at radius 1 is 1.00 bits per heavy atom. The van der Waals surface area contributed by atoms with E-state index in [1.54, 1.807) is 44.4 Å². The molecule has 0 atom stereocenters. The lowest BCUT2D eigenvalue weighted by atomic mass is 10.2. The maximum Gasteiger partial charge on any atom is 0.210 e. The minimum absolute atomic E-state index is 0.177. The van der Waals surface area contributed by atoms with Gasteiger partial charge in [0.15, 0.2) is 0 Å². The lowest BCUT2D eigenvalue weighted by Crippen LogP contribution is -2.10. The number of anilines is 1. The van der Waals surface area contributed by atoms with E-state index in [0.717, 1.165) is 17.0 Å². The molecule has 0 saturated carbocycles. The number of nitrogens with two attached hydrogens (primary N) is 1. The molecule has 0 spiro atoms. The smallest absolute Gasteiger partial charge is 0.210 e. The monoisotopic (exact) mass is 370 g/mol. The van der Waals surface area contributed by atoms with Crippen LogP contribution in [-0.4, -0.2) is 20.1 Å². The molecule has 0 amide bonds. The molecule has 0 bridgehead atoms. The highest BCUT2D eigenvalue weighted by molar-refractivity contribution is 7.91. The molecule has 0 radical (unpaired) electrons. The van der Waals surface area contributed by atoms with Crippen molar-refractivity contribution >= 4 is 15.7 Å².